The van der Waals surface area contributed by atoms with Gasteiger partial charge in [0.25, 0.3) is 6.71 Å². The van der Waals surface area contributed by atoms with Gasteiger partial charge in [-0.05, 0) is 105 Å². The van der Waals surface area contributed by atoms with Crippen molar-refractivity contribution in [3.05, 3.63) is 267 Å². The zero-order valence-corrected chi connectivity index (χ0v) is 41.7. The number of hydrogen-bond acceptors (Lipinski definition) is 2. The van der Waals surface area contributed by atoms with Crippen LogP contribution in [0.15, 0.2) is 271 Å². The molecule has 0 atom stereocenters. The average Bonchev–Trinajstić information content (AvgIpc) is 4.26. The first-order valence-electron chi connectivity index (χ1n) is 26.6. The number of benzene rings is 12. The van der Waals surface area contributed by atoms with Crippen molar-refractivity contribution in [1.29, 1.82) is 0 Å². The van der Waals surface area contributed by atoms with E-state index in [0.717, 1.165) is 78.1 Å². The molecule has 0 aliphatic carbocycles. The summed E-state index contributed by atoms with van der Waals surface area (Å²) in [5, 5.41) is 7.12. The molecule has 5 heteroatoms. The second-order valence-electron chi connectivity index (χ2n) is 20.7. The largest absolute Gasteiger partial charge is 0.455 e. The van der Waals surface area contributed by atoms with Crippen molar-refractivity contribution < 1.29 is 4.42 Å². The third kappa shape index (κ3) is 6.05. The van der Waals surface area contributed by atoms with Crippen LogP contribution in [0.3, 0.4) is 0 Å². The van der Waals surface area contributed by atoms with E-state index >= 15 is 0 Å². The summed E-state index contributed by atoms with van der Waals surface area (Å²) in [5.41, 5.74) is 25.2. The Hall–Kier alpha value is -10.1. The molecule has 3 aromatic heterocycles. The molecule has 0 bridgehead atoms. The van der Waals surface area contributed by atoms with Crippen LogP contribution in [0.5, 0.6) is 0 Å². The fourth-order valence-electron chi connectivity index (χ4n) is 13.4. The van der Waals surface area contributed by atoms with Gasteiger partial charge in [-0.2, -0.15) is 0 Å². The van der Waals surface area contributed by atoms with Gasteiger partial charge in [0.2, 0.25) is 0 Å². The molecular formula is C72H44BN3O. The third-order valence-corrected chi connectivity index (χ3v) is 16.7. The van der Waals surface area contributed by atoms with Crippen molar-refractivity contribution in [2.45, 2.75) is 0 Å². The Balaban J connectivity index is 1.08. The first kappa shape index (κ1) is 42.3. The molecule has 0 unspecified atom stereocenters. The van der Waals surface area contributed by atoms with Crippen LogP contribution in [0.4, 0.5) is 17.1 Å². The Morgan fingerprint density at radius 3 is 1.66 bits per heavy atom. The molecule has 356 valence electrons. The number of rotatable bonds is 6. The lowest BCUT2D eigenvalue weighted by Crippen LogP contribution is -2.60. The second-order valence-corrected chi connectivity index (χ2v) is 20.7. The number of furan rings is 1. The molecule has 17 rings (SSSR count). The van der Waals surface area contributed by atoms with E-state index in [-0.39, 0.29) is 6.71 Å². The van der Waals surface area contributed by atoms with Crippen LogP contribution in [-0.2, 0) is 0 Å². The van der Waals surface area contributed by atoms with Crippen molar-refractivity contribution in [3.63, 3.8) is 0 Å². The Kier molecular flexibility index (Phi) is 8.90. The van der Waals surface area contributed by atoms with Crippen molar-refractivity contribution in [3.8, 4) is 55.9 Å². The summed E-state index contributed by atoms with van der Waals surface area (Å²) >= 11 is 0. The predicted octanol–water partition coefficient (Wildman–Crippen LogP) is 17.1. The zero-order chi connectivity index (χ0) is 50.3. The molecule has 0 fully saturated rings. The molecule has 0 N–H and O–H groups in total. The van der Waals surface area contributed by atoms with Crippen LogP contribution in [0, 0.1) is 0 Å². The topological polar surface area (TPSA) is 26.2 Å². The first-order chi connectivity index (χ1) is 38.2. The van der Waals surface area contributed by atoms with Crippen molar-refractivity contribution in [2.24, 2.45) is 0 Å². The van der Waals surface area contributed by atoms with E-state index in [4.69, 9.17) is 4.42 Å². The molecule has 77 heavy (non-hydrogen) atoms. The van der Waals surface area contributed by atoms with Crippen LogP contribution < -0.4 is 21.3 Å². The maximum atomic E-state index is 6.93. The summed E-state index contributed by atoms with van der Waals surface area (Å²) < 4.78 is 12.0. The van der Waals surface area contributed by atoms with Gasteiger partial charge in [0, 0.05) is 77.3 Å². The van der Waals surface area contributed by atoms with Crippen LogP contribution in [0.1, 0.15) is 0 Å². The summed E-state index contributed by atoms with van der Waals surface area (Å²) in [5.74, 6) is 0. The Labute approximate surface area is 444 Å². The van der Waals surface area contributed by atoms with E-state index in [1.165, 1.54) is 76.8 Å². The van der Waals surface area contributed by atoms with Crippen molar-refractivity contribution >= 4 is 106 Å². The van der Waals surface area contributed by atoms with Crippen LogP contribution in [0.2, 0.25) is 0 Å². The van der Waals surface area contributed by atoms with Crippen LogP contribution in [-0.4, -0.2) is 15.8 Å². The molecule has 0 saturated carbocycles. The van der Waals surface area contributed by atoms with Crippen LogP contribution >= 0.6 is 0 Å². The number of hydrogen-bond donors (Lipinski definition) is 0. The van der Waals surface area contributed by atoms with E-state index in [1.54, 1.807) is 0 Å². The van der Waals surface area contributed by atoms with Gasteiger partial charge in [0.15, 0.2) is 0 Å². The molecule has 0 amide bonds. The molecule has 5 heterocycles. The van der Waals surface area contributed by atoms with E-state index in [1.807, 2.05) is 0 Å². The smallest absolute Gasteiger partial charge is 0.252 e. The molecule has 0 radical (unpaired) electrons. The molecule has 2 aliphatic heterocycles. The van der Waals surface area contributed by atoms with Gasteiger partial charge in [-0.1, -0.05) is 206 Å². The average molecular weight is 978 g/mol. The summed E-state index contributed by atoms with van der Waals surface area (Å²) in [6.07, 6.45) is 0. The van der Waals surface area contributed by atoms with Gasteiger partial charge in [-0.3, -0.25) is 0 Å². The van der Waals surface area contributed by atoms with Gasteiger partial charge >= 0.3 is 0 Å². The van der Waals surface area contributed by atoms with Crippen molar-refractivity contribution in [2.75, 3.05) is 4.90 Å². The fourth-order valence-corrected chi connectivity index (χ4v) is 13.4. The van der Waals surface area contributed by atoms with Gasteiger partial charge in [-0.25, -0.2) is 0 Å². The number of nitrogens with zero attached hydrogens (tertiary/aromatic N) is 3. The molecule has 4 nitrogen and oxygen atoms in total. The van der Waals surface area contributed by atoms with E-state index in [9.17, 15) is 0 Å². The second kappa shape index (κ2) is 16.2. The van der Waals surface area contributed by atoms with Gasteiger partial charge in [0.05, 0.1) is 22.2 Å². The SMILES string of the molecule is c1ccc(-c2ccc3c(c2)c2cc4c(cc2n3-c2ccccc2)B2c3c(cc(-c5cccc6c5oc5ccccc56)cc3-n3c5ccccc5c5cccc2c53)N4c2c(-c3ccccc3)cccc2-c2ccccc2)cc1. The highest BCUT2D eigenvalue weighted by Crippen LogP contribution is 2.51. The number of fused-ring (bicyclic) bond motifs is 13. The maximum Gasteiger partial charge on any atom is 0.252 e. The molecule has 15 aromatic rings. The molecule has 0 saturated heterocycles. The predicted molar refractivity (Wildman–Crippen MR) is 323 cm³/mol. The fraction of sp³-hybridized carbons (Fsp3) is 0. The Bertz CT molecular complexity index is 4860. The minimum Gasteiger partial charge on any atom is -0.455 e. The quantitative estimate of drug-likeness (QED) is 0.155. The monoisotopic (exact) mass is 977 g/mol. The van der Waals surface area contributed by atoms with Crippen LogP contribution in [0.25, 0.3) is 121 Å². The summed E-state index contributed by atoms with van der Waals surface area (Å²) in [6.45, 7) is -0.126. The highest BCUT2D eigenvalue weighted by Gasteiger charge is 2.44. The summed E-state index contributed by atoms with van der Waals surface area (Å²) in [7, 11) is 0. The molecule has 0 spiro atoms. The molecule has 2 aliphatic rings. The van der Waals surface area contributed by atoms with Crippen molar-refractivity contribution in [1.82, 2.24) is 9.13 Å². The zero-order valence-electron chi connectivity index (χ0n) is 41.7. The lowest BCUT2D eigenvalue weighted by molar-refractivity contribution is 0.670. The van der Waals surface area contributed by atoms with E-state index < -0.39 is 0 Å². The summed E-state index contributed by atoms with van der Waals surface area (Å²) in [4.78, 5) is 2.65. The highest BCUT2D eigenvalue weighted by atomic mass is 16.3. The third-order valence-electron chi connectivity index (χ3n) is 16.7. The van der Waals surface area contributed by atoms with Gasteiger partial charge < -0.3 is 18.5 Å². The number of aromatic nitrogens is 2. The van der Waals surface area contributed by atoms with Gasteiger partial charge in [0.1, 0.15) is 11.2 Å². The first-order valence-corrected chi connectivity index (χ1v) is 26.6. The number of para-hydroxylation sites is 6. The highest BCUT2D eigenvalue weighted by molar-refractivity contribution is 7.00. The lowest BCUT2D eigenvalue weighted by atomic mass is 9.33. The molecule has 12 aromatic carbocycles. The number of anilines is 3. The van der Waals surface area contributed by atoms with E-state index in [0.29, 0.717) is 0 Å². The summed E-state index contributed by atoms with van der Waals surface area (Å²) in [6, 6.07) is 98.6. The van der Waals surface area contributed by atoms with Gasteiger partial charge in [-0.15, -0.1) is 0 Å². The minimum atomic E-state index is -0.126. The standard InChI is InChI=1S/C72H44BN3O/c1-5-20-45(21-6-1)48-38-39-63-58(40-48)59-43-65-61(44-64(59)74(63)50-26-11-4-12-27-50)73-60-35-19-33-56-54-28-13-15-36-62(54)75(71(56)60)66-41-49(53-32-18-34-57-55-29-14-16-37-68(55)77-72(53)57)42-67(69(66)73)76(65)70-51(46-22-7-2-8-23-46)30-17-31-52(70)47-24-9-3-10-25-47/h1-44H. The maximum absolute atomic E-state index is 6.93. The minimum absolute atomic E-state index is 0.126. The Morgan fingerprint density at radius 2 is 0.896 bits per heavy atom. The van der Waals surface area contributed by atoms with E-state index in [2.05, 4.69) is 281 Å². The normalized spacial score (nSPS) is 12.6. The lowest BCUT2D eigenvalue weighted by Gasteiger charge is -2.42. The molecular weight excluding hydrogens is 934 g/mol. The Morgan fingerprint density at radius 1 is 0.312 bits per heavy atom.